The van der Waals surface area contributed by atoms with E-state index in [-0.39, 0.29) is 5.91 Å². The van der Waals surface area contributed by atoms with Gasteiger partial charge in [0.05, 0.1) is 7.11 Å². The summed E-state index contributed by atoms with van der Waals surface area (Å²) in [5.41, 5.74) is 3.08. The van der Waals surface area contributed by atoms with Crippen molar-refractivity contribution in [3.05, 3.63) is 71.7 Å². The van der Waals surface area contributed by atoms with E-state index >= 15 is 0 Å². The van der Waals surface area contributed by atoms with Crippen molar-refractivity contribution >= 4 is 23.1 Å². The Morgan fingerprint density at radius 2 is 1.82 bits per heavy atom. The fraction of sp³-hybridized carbons (Fsp3) is 0.227. The van der Waals surface area contributed by atoms with Crippen LogP contribution in [0.3, 0.4) is 0 Å². The maximum Gasteiger partial charge on any atom is 0.274 e. The Hall–Kier alpha value is -3.41. The van der Waals surface area contributed by atoms with Crippen molar-refractivity contribution in [2.45, 2.75) is 26.7 Å². The summed E-state index contributed by atoms with van der Waals surface area (Å²) in [6.45, 7) is 6.04. The molecule has 0 aliphatic heterocycles. The molecule has 0 bridgehead atoms. The molecule has 2 N–H and O–H groups in total. The van der Waals surface area contributed by atoms with Gasteiger partial charge in [-0.15, -0.1) is 0 Å². The number of carbonyl (C=O) groups is 1. The Morgan fingerprint density at radius 1 is 1.04 bits per heavy atom. The van der Waals surface area contributed by atoms with Crippen LogP contribution in [0.25, 0.3) is 0 Å². The van der Waals surface area contributed by atoms with Crippen LogP contribution in [0.15, 0.2) is 54.6 Å². The molecule has 1 amide bonds. The van der Waals surface area contributed by atoms with Gasteiger partial charge in [-0.3, -0.25) is 4.79 Å². The second-order valence-corrected chi connectivity index (χ2v) is 6.74. The molecule has 0 fully saturated rings. The molecule has 6 nitrogen and oxygen atoms in total. The smallest absolute Gasteiger partial charge is 0.274 e. The molecule has 0 saturated heterocycles. The van der Waals surface area contributed by atoms with Crippen molar-refractivity contribution in [3.8, 4) is 5.75 Å². The summed E-state index contributed by atoms with van der Waals surface area (Å²) in [6, 6.07) is 16.9. The van der Waals surface area contributed by atoms with Crippen LogP contribution < -0.4 is 15.4 Å². The minimum Gasteiger partial charge on any atom is -0.497 e. The zero-order chi connectivity index (χ0) is 20.1. The lowest BCUT2D eigenvalue weighted by molar-refractivity contribution is 0.102. The molecular weight excluding hydrogens is 352 g/mol. The van der Waals surface area contributed by atoms with Crippen molar-refractivity contribution in [2.75, 3.05) is 17.7 Å². The molecule has 2 aromatic carbocycles. The van der Waals surface area contributed by atoms with E-state index in [0.29, 0.717) is 34.7 Å². The predicted molar refractivity (Wildman–Crippen MR) is 112 cm³/mol. The third-order valence-electron chi connectivity index (χ3n) is 4.24. The number of hydrogen-bond acceptors (Lipinski definition) is 5. The van der Waals surface area contributed by atoms with E-state index < -0.39 is 0 Å². The van der Waals surface area contributed by atoms with E-state index in [2.05, 4.69) is 40.5 Å². The van der Waals surface area contributed by atoms with Gasteiger partial charge >= 0.3 is 0 Å². The molecule has 0 unspecified atom stereocenters. The number of benzene rings is 2. The number of amides is 1. The number of carbonyl (C=O) groups excluding carboxylic acids is 1. The van der Waals surface area contributed by atoms with Crippen molar-refractivity contribution in [3.63, 3.8) is 0 Å². The third kappa shape index (κ3) is 4.65. The van der Waals surface area contributed by atoms with Gasteiger partial charge in [-0.25, -0.2) is 9.97 Å². The fourth-order valence-corrected chi connectivity index (χ4v) is 2.90. The monoisotopic (exact) mass is 376 g/mol. The van der Waals surface area contributed by atoms with E-state index in [4.69, 9.17) is 4.74 Å². The van der Waals surface area contributed by atoms with Crippen molar-refractivity contribution in [1.29, 1.82) is 0 Å². The maximum absolute atomic E-state index is 12.7. The van der Waals surface area contributed by atoms with E-state index in [1.807, 2.05) is 30.3 Å². The van der Waals surface area contributed by atoms with Gasteiger partial charge in [0.15, 0.2) is 0 Å². The topological polar surface area (TPSA) is 76.1 Å². The molecule has 3 aromatic rings. The van der Waals surface area contributed by atoms with Gasteiger partial charge in [0.1, 0.15) is 23.1 Å². The Kier molecular flexibility index (Phi) is 5.89. The zero-order valence-electron chi connectivity index (χ0n) is 16.5. The lowest BCUT2D eigenvalue weighted by Crippen LogP contribution is -2.15. The minimum absolute atomic E-state index is 0.292. The average Bonchev–Trinajstić information content (AvgIpc) is 2.68. The summed E-state index contributed by atoms with van der Waals surface area (Å²) >= 11 is 0. The van der Waals surface area contributed by atoms with Gasteiger partial charge in [0, 0.05) is 23.5 Å². The Bertz CT molecular complexity index is 986. The molecule has 0 radical (unpaired) electrons. The molecule has 28 heavy (non-hydrogen) atoms. The first-order valence-electron chi connectivity index (χ1n) is 9.13. The molecule has 0 atom stereocenters. The SMILES string of the molecule is COc1cccc(NC(=O)c2cc(Nc3ccccc3C(C)C)nc(C)n2)c1. The van der Waals surface area contributed by atoms with Crippen LogP contribution in [0.5, 0.6) is 5.75 Å². The number of hydrogen-bond donors (Lipinski definition) is 2. The lowest BCUT2D eigenvalue weighted by atomic mass is 10.0. The van der Waals surface area contributed by atoms with Crippen molar-refractivity contribution in [1.82, 2.24) is 9.97 Å². The van der Waals surface area contributed by atoms with Gasteiger partial charge in [-0.1, -0.05) is 38.1 Å². The van der Waals surface area contributed by atoms with Gasteiger partial charge in [0.2, 0.25) is 0 Å². The number of aryl methyl sites for hydroxylation is 1. The molecular formula is C22H24N4O2. The molecule has 0 spiro atoms. The van der Waals surface area contributed by atoms with Crippen LogP contribution in [-0.2, 0) is 0 Å². The summed E-state index contributed by atoms with van der Waals surface area (Å²) in [4.78, 5) is 21.4. The minimum atomic E-state index is -0.307. The van der Waals surface area contributed by atoms with Crippen LogP contribution in [0.4, 0.5) is 17.2 Å². The first-order valence-corrected chi connectivity index (χ1v) is 9.13. The first kappa shape index (κ1) is 19.4. The first-order chi connectivity index (χ1) is 13.5. The number of ether oxygens (including phenoxy) is 1. The normalized spacial score (nSPS) is 10.6. The summed E-state index contributed by atoms with van der Waals surface area (Å²) < 4.78 is 5.19. The maximum atomic E-state index is 12.7. The van der Waals surface area contributed by atoms with Gasteiger partial charge in [-0.2, -0.15) is 0 Å². The van der Waals surface area contributed by atoms with E-state index in [9.17, 15) is 4.79 Å². The van der Waals surface area contributed by atoms with Crippen molar-refractivity contribution < 1.29 is 9.53 Å². The predicted octanol–water partition coefficient (Wildman–Crippen LogP) is 4.91. The van der Waals surface area contributed by atoms with Crippen LogP contribution >= 0.6 is 0 Å². The highest BCUT2D eigenvalue weighted by Crippen LogP contribution is 2.26. The summed E-state index contributed by atoms with van der Waals surface area (Å²) in [7, 11) is 1.58. The van der Waals surface area contributed by atoms with E-state index in [1.54, 1.807) is 32.2 Å². The van der Waals surface area contributed by atoms with Gasteiger partial charge < -0.3 is 15.4 Å². The molecule has 1 aromatic heterocycles. The zero-order valence-corrected chi connectivity index (χ0v) is 16.5. The lowest BCUT2D eigenvalue weighted by Gasteiger charge is -2.15. The average molecular weight is 376 g/mol. The van der Waals surface area contributed by atoms with E-state index in [0.717, 1.165) is 5.69 Å². The number of rotatable bonds is 6. The molecule has 144 valence electrons. The Morgan fingerprint density at radius 3 is 2.57 bits per heavy atom. The second kappa shape index (κ2) is 8.52. The number of anilines is 3. The Labute approximate surface area is 165 Å². The molecule has 0 saturated carbocycles. The second-order valence-electron chi connectivity index (χ2n) is 6.74. The highest BCUT2D eigenvalue weighted by molar-refractivity contribution is 6.03. The third-order valence-corrected chi connectivity index (χ3v) is 4.24. The highest BCUT2D eigenvalue weighted by atomic mass is 16.5. The number of nitrogens with one attached hydrogen (secondary N) is 2. The van der Waals surface area contributed by atoms with E-state index in [1.165, 1.54) is 5.56 Å². The van der Waals surface area contributed by atoms with Gasteiger partial charge in [-0.05, 0) is 36.6 Å². The summed E-state index contributed by atoms with van der Waals surface area (Å²) in [6.07, 6.45) is 0. The number of methoxy groups -OCH3 is 1. The fourth-order valence-electron chi connectivity index (χ4n) is 2.90. The number of para-hydroxylation sites is 1. The molecule has 0 aliphatic rings. The van der Waals surface area contributed by atoms with Crippen LogP contribution in [0, 0.1) is 6.92 Å². The summed E-state index contributed by atoms with van der Waals surface area (Å²) in [5.74, 6) is 1.82. The molecule has 6 heteroatoms. The van der Waals surface area contributed by atoms with Crippen LogP contribution in [0.1, 0.15) is 41.6 Å². The highest BCUT2D eigenvalue weighted by Gasteiger charge is 2.13. The largest absolute Gasteiger partial charge is 0.497 e. The number of nitrogens with zero attached hydrogens (tertiary/aromatic N) is 2. The Balaban J connectivity index is 1.84. The quantitative estimate of drug-likeness (QED) is 0.639. The van der Waals surface area contributed by atoms with Crippen LogP contribution in [-0.4, -0.2) is 23.0 Å². The molecule has 3 rings (SSSR count). The molecule has 1 heterocycles. The van der Waals surface area contributed by atoms with Gasteiger partial charge in [0.25, 0.3) is 5.91 Å². The summed E-state index contributed by atoms with van der Waals surface area (Å²) in [5, 5.41) is 6.16. The standard InChI is InChI=1S/C22H24N4O2/c1-14(2)18-10-5-6-11-19(18)26-21-13-20(23-15(3)24-21)22(27)25-16-8-7-9-17(12-16)28-4/h5-14H,1-4H3,(H,25,27)(H,23,24,26). The number of aromatic nitrogens is 2. The molecule has 0 aliphatic carbocycles. The van der Waals surface area contributed by atoms with Crippen LogP contribution in [0.2, 0.25) is 0 Å². The van der Waals surface area contributed by atoms with Crippen molar-refractivity contribution in [2.24, 2.45) is 0 Å².